The summed E-state index contributed by atoms with van der Waals surface area (Å²) < 4.78 is 0. The lowest BCUT2D eigenvalue weighted by Crippen LogP contribution is -2.33. The highest BCUT2D eigenvalue weighted by Gasteiger charge is 2.46. The largest absolute Gasteiger partial charge is 0.507 e. The zero-order valence-electron chi connectivity index (χ0n) is 17.8. The van der Waals surface area contributed by atoms with Gasteiger partial charge in [0, 0.05) is 18.3 Å². The number of rotatable bonds is 8. The van der Waals surface area contributed by atoms with Crippen molar-refractivity contribution in [1.82, 2.24) is 14.8 Å². The van der Waals surface area contributed by atoms with Gasteiger partial charge in [-0.1, -0.05) is 49.7 Å². The molecule has 1 aliphatic rings. The fourth-order valence-corrected chi connectivity index (χ4v) is 3.83. The molecule has 0 aliphatic carbocycles. The maximum atomic E-state index is 12.9. The number of carbonyl (C=O) groups excluding carboxylic acids is 2. The first-order valence-corrected chi connectivity index (χ1v) is 10.5. The summed E-state index contributed by atoms with van der Waals surface area (Å²) in [4.78, 5) is 34.1. The van der Waals surface area contributed by atoms with E-state index in [9.17, 15) is 14.7 Å². The fraction of sp³-hybridized carbons (Fsp3) is 0.375. The Morgan fingerprint density at radius 2 is 1.80 bits per heavy atom. The average molecular weight is 408 g/mol. The van der Waals surface area contributed by atoms with Crippen LogP contribution in [-0.4, -0.2) is 57.8 Å². The van der Waals surface area contributed by atoms with E-state index in [1.165, 1.54) is 0 Å². The highest BCUT2D eigenvalue weighted by molar-refractivity contribution is 6.46. The zero-order chi connectivity index (χ0) is 21.7. The van der Waals surface area contributed by atoms with Crippen molar-refractivity contribution in [3.05, 3.63) is 71.1 Å². The molecule has 1 saturated heterocycles. The van der Waals surface area contributed by atoms with Crippen LogP contribution in [0.5, 0.6) is 0 Å². The number of aliphatic hydroxyl groups is 1. The maximum Gasteiger partial charge on any atom is 0.295 e. The molecule has 0 radical (unpaired) electrons. The molecular weight excluding hydrogens is 378 g/mol. The van der Waals surface area contributed by atoms with Gasteiger partial charge in [0.2, 0.25) is 0 Å². The minimum absolute atomic E-state index is 0.102. The summed E-state index contributed by atoms with van der Waals surface area (Å²) in [6, 6.07) is 12.0. The molecule has 2 heterocycles. The second-order valence-corrected chi connectivity index (χ2v) is 7.49. The van der Waals surface area contributed by atoms with Crippen molar-refractivity contribution in [3.63, 3.8) is 0 Å². The molecular formula is C24H29N3O3. The quantitative estimate of drug-likeness (QED) is 0.412. The lowest BCUT2D eigenvalue weighted by molar-refractivity contribution is -0.140. The Morgan fingerprint density at radius 1 is 1.10 bits per heavy atom. The average Bonchev–Trinajstić information content (AvgIpc) is 3.02. The van der Waals surface area contributed by atoms with E-state index in [-0.39, 0.29) is 11.3 Å². The fourth-order valence-electron chi connectivity index (χ4n) is 3.83. The van der Waals surface area contributed by atoms with Gasteiger partial charge in [-0.05, 0) is 45.1 Å². The molecule has 1 aromatic carbocycles. The number of aliphatic hydroxyl groups excluding tert-OH is 1. The maximum absolute atomic E-state index is 12.9. The molecule has 6 nitrogen and oxygen atoms in total. The summed E-state index contributed by atoms with van der Waals surface area (Å²) in [7, 11) is 0. The summed E-state index contributed by atoms with van der Waals surface area (Å²) in [6.07, 6.45) is 2.37. The number of aromatic nitrogens is 1. The molecule has 1 N–H and O–H groups in total. The van der Waals surface area contributed by atoms with Gasteiger partial charge in [-0.15, -0.1) is 0 Å². The minimum atomic E-state index is -0.691. The van der Waals surface area contributed by atoms with Gasteiger partial charge < -0.3 is 14.9 Å². The van der Waals surface area contributed by atoms with Crippen LogP contribution in [0.3, 0.4) is 0 Å². The minimum Gasteiger partial charge on any atom is -0.507 e. The third-order valence-electron chi connectivity index (χ3n) is 5.60. The molecule has 0 spiro atoms. The number of benzene rings is 1. The molecule has 2 aromatic rings. The summed E-state index contributed by atoms with van der Waals surface area (Å²) in [5, 5.41) is 11.0. The van der Waals surface area contributed by atoms with E-state index in [2.05, 4.69) is 23.7 Å². The summed E-state index contributed by atoms with van der Waals surface area (Å²) in [5.41, 5.74) is 2.24. The molecule has 0 saturated carbocycles. The van der Waals surface area contributed by atoms with Crippen molar-refractivity contribution in [1.29, 1.82) is 0 Å². The van der Waals surface area contributed by atoms with Crippen LogP contribution in [0.15, 0.2) is 54.2 Å². The standard InChI is InChI=1S/C24H29N3O3/c1-4-26(5-2)15-8-16-27-21(19-9-6-7-14-25-19)20(23(29)24(27)30)22(28)18-12-10-17(3)11-13-18/h6-7,9-14,21,28H,4-5,8,15-16H2,1-3H3/t21-/m0/s1. The Kier molecular flexibility index (Phi) is 7.00. The number of Topliss-reactive ketones (excluding diaryl/α,β-unsaturated/α-hetero) is 1. The van der Waals surface area contributed by atoms with Crippen LogP contribution in [0, 0.1) is 6.92 Å². The second-order valence-electron chi connectivity index (χ2n) is 7.49. The molecule has 0 bridgehead atoms. The number of aryl methyl sites for hydroxylation is 1. The number of hydrogen-bond donors (Lipinski definition) is 1. The van der Waals surface area contributed by atoms with E-state index >= 15 is 0 Å². The van der Waals surface area contributed by atoms with E-state index in [0.29, 0.717) is 17.8 Å². The Morgan fingerprint density at radius 3 is 2.40 bits per heavy atom. The monoisotopic (exact) mass is 407 g/mol. The van der Waals surface area contributed by atoms with Crippen molar-refractivity contribution in [2.45, 2.75) is 33.2 Å². The van der Waals surface area contributed by atoms with Gasteiger partial charge in [0.25, 0.3) is 11.7 Å². The third kappa shape index (κ3) is 4.44. The SMILES string of the molecule is CCN(CC)CCCN1C(=O)C(=O)C(=C(O)c2ccc(C)cc2)[C@@H]1c1ccccn1. The lowest BCUT2D eigenvalue weighted by atomic mass is 9.98. The Labute approximate surface area is 177 Å². The van der Waals surface area contributed by atoms with Gasteiger partial charge in [0.05, 0.1) is 11.3 Å². The number of amides is 1. The molecule has 6 heteroatoms. The van der Waals surface area contributed by atoms with E-state index in [0.717, 1.165) is 31.6 Å². The predicted octanol–water partition coefficient (Wildman–Crippen LogP) is 3.54. The van der Waals surface area contributed by atoms with Crippen LogP contribution >= 0.6 is 0 Å². The molecule has 1 aliphatic heterocycles. The molecule has 3 rings (SSSR count). The van der Waals surface area contributed by atoms with Crippen LogP contribution in [-0.2, 0) is 9.59 Å². The Bertz CT molecular complexity index is 918. The Balaban J connectivity index is 1.99. The normalized spacial score (nSPS) is 18.4. The number of carbonyl (C=O) groups is 2. The first-order chi connectivity index (χ1) is 14.5. The first-order valence-electron chi connectivity index (χ1n) is 10.5. The van der Waals surface area contributed by atoms with Gasteiger partial charge in [-0.3, -0.25) is 14.6 Å². The highest BCUT2D eigenvalue weighted by atomic mass is 16.3. The van der Waals surface area contributed by atoms with Crippen molar-refractivity contribution >= 4 is 17.4 Å². The van der Waals surface area contributed by atoms with E-state index < -0.39 is 17.7 Å². The van der Waals surface area contributed by atoms with Gasteiger partial charge in [0.1, 0.15) is 11.8 Å². The van der Waals surface area contributed by atoms with E-state index in [1.807, 2.05) is 25.1 Å². The third-order valence-corrected chi connectivity index (χ3v) is 5.60. The van der Waals surface area contributed by atoms with Gasteiger partial charge in [0.15, 0.2) is 0 Å². The van der Waals surface area contributed by atoms with Gasteiger partial charge >= 0.3 is 0 Å². The molecule has 1 aromatic heterocycles. The van der Waals surface area contributed by atoms with Crippen LogP contribution < -0.4 is 0 Å². The highest BCUT2D eigenvalue weighted by Crippen LogP contribution is 2.38. The molecule has 0 unspecified atom stereocenters. The van der Waals surface area contributed by atoms with Crippen LogP contribution in [0.25, 0.3) is 5.76 Å². The van der Waals surface area contributed by atoms with Crippen LogP contribution in [0.4, 0.5) is 0 Å². The number of likely N-dealkylation sites (tertiary alicyclic amines) is 1. The molecule has 1 atom stereocenters. The summed E-state index contributed by atoms with van der Waals surface area (Å²) in [5.74, 6) is -1.40. The van der Waals surface area contributed by atoms with Crippen LogP contribution in [0.1, 0.15) is 43.1 Å². The zero-order valence-corrected chi connectivity index (χ0v) is 17.8. The summed E-state index contributed by atoms with van der Waals surface area (Å²) >= 11 is 0. The number of nitrogens with zero attached hydrogens (tertiary/aromatic N) is 3. The van der Waals surface area contributed by atoms with E-state index in [1.54, 1.807) is 35.4 Å². The van der Waals surface area contributed by atoms with Crippen molar-refractivity contribution in [3.8, 4) is 0 Å². The summed E-state index contributed by atoms with van der Waals surface area (Å²) in [6.45, 7) is 9.29. The number of pyridine rings is 1. The number of hydrogen-bond acceptors (Lipinski definition) is 5. The number of ketones is 1. The second kappa shape index (κ2) is 9.67. The lowest BCUT2D eigenvalue weighted by Gasteiger charge is -2.26. The topological polar surface area (TPSA) is 73.7 Å². The molecule has 30 heavy (non-hydrogen) atoms. The van der Waals surface area contributed by atoms with Crippen LogP contribution in [0.2, 0.25) is 0 Å². The molecule has 1 amide bonds. The first kappa shape index (κ1) is 21.7. The molecule has 158 valence electrons. The van der Waals surface area contributed by atoms with Gasteiger partial charge in [-0.25, -0.2) is 0 Å². The van der Waals surface area contributed by atoms with Gasteiger partial charge in [-0.2, -0.15) is 0 Å². The van der Waals surface area contributed by atoms with Crippen molar-refractivity contribution in [2.24, 2.45) is 0 Å². The molecule has 1 fully saturated rings. The van der Waals surface area contributed by atoms with Crippen molar-refractivity contribution < 1.29 is 14.7 Å². The van der Waals surface area contributed by atoms with E-state index in [4.69, 9.17) is 0 Å². The predicted molar refractivity (Wildman–Crippen MR) is 117 cm³/mol. The van der Waals surface area contributed by atoms with Crippen molar-refractivity contribution in [2.75, 3.05) is 26.2 Å². The smallest absolute Gasteiger partial charge is 0.295 e. The Hall–Kier alpha value is -2.99.